The second-order valence-electron chi connectivity index (χ2n) is 27.9. The number of hydrogen-bond donors (Lipinski definition) is 18. The van der Waals surface area contributed by atoms with Crippen molar-refractivity contribution in [2.24, 2.45) is 23.7 Å². The summed E-state index contributed by atoms with van der Waals surface area (Å²) in [7, 11) is 0. The fourth-order valence-corrected chi connectivity index (χ4v) is 12.6. The Bertz CT molecular complexity index is 2390. The number of rotatable bonds is 55. The minimum atomic E-state index is -1.46. The third kappa shape index (κ3) is 37.1. The molecule has 0 saturated heterocycles. The highest BCUT2D eigenvalue weighted by atomic mass is 16.5. The number of ketones is 2. The maximum Gasteiger partial charge on any atom is 0.222 e. The Morgan fingerprint density at radius 3 is 0.990 bits per heavy atom. The summed E-state index contributed by atoms with van der Waals surface area (Å²) in [5, 5.41) is 116. The van der Waals surface area contributed by atoms with Crippen LogP contribution in [-0.2, 0) is 81.2 Å². The Kier molecular flexibility index (Phi) is 46.2. The molecule has 0 aromatic rings. The molecule has 9 amide bonds. The molecular formula is C70H123N9O26. The predicted molar refractivity (Wildman–Crippen MR) is 375 cm³/mol. The molecule has 0 aliphatic heterocycles. The van der Waals surface area contributed by atoms with Gasteiger partial charge in [-0.05, 0) is 70.6 Å². The zero-order valence-corrected chi connectivity index (χ0v) is 61.9. The molecule has 3 aliphatic carbocycles. The molecule has 0 aromatic heterocycles. The van der Waals surface area contributed by atoms with E-state index >= 15 is 0 Å². The standard InChI is InChI=1S/C70H123N9O26/c1-43(2)51(87)16-8-17-60(93)79-70(40-100-31-20-57(90)71-23-7-6-14-50(86)15-9-28-103-52-34-47(37-80)64(94)67(97)61(52)76-44(3)83,41-101-32-21-58(91)74-26-12-24-72-55(88)18-10-29-104-53-35-48(38-81)65(95)68(98)62(53)77-45(4)84)42-102-33-22-59(92)75-27-13-25-73-56(89)19-11-30-105-54-36-49(39-82)66(96)69(99)63(54)78-46(5)85/h43,47-49,52-54,61-69,80-82,94-99H,6-42H2,1-5H3,(H,71,90)(H,72,88)(H,73,89)(H,74,91)(H,75,92)(H,76,83)(H,77,84)(H,78,85)(H,79,93)/t47?,48?,49?,52-,53-,54-,61?,62?,63?,64-,65-,66-,67-,68-,69-,70?/m1/s1. The Morgan fingerprint density at radius 2 is 0.667 bits per heavy atom. The molecule has 0 bridgehead atoms. The largest absolute Gasteiger partial charge is 0.396 e. The average Bonchev–Trinajstić information content (AvgIpc) is 0.821. The molecule has 604 valence electrons. The second-order valence-corrected chi connectivity index (χ2v) is 27.9. The summed E-state index contributed by atoms with van der Waals surface area (Å²) in [5.74, 6) is -5.76. The van der Waals surface area contributed by atoms with Gasteiger partial charge in [0.2, 0.25) is 53.2 Å². The molecular weight excluding hydrogens is 1380 g/mol. The Balaban J connectivity index is 1.54. The first kappa shape index (κ1) is 93.2. The van der Waals surface area contributed by atoms with Crippen LogP contribution in [0.25, 0.3) is 0 Å². The molecule has 0 aromatic carbocycles. The number of hydrogen-bond acceptors (Lipinski definition) is 26. The van der Waals surface area contributed by atoms with E-state index in [9.17, 15) is 98.7 Å². The molecule has 0 heterocycles. The topological polar surface area (TPSA) is 533 Å². The highest BCUT2D eigenvalue weighted by Gasteiger charge is 2.47. The minimum absolute atomic E-state index is 0.0327. The third-order valence-electron chi connectivity index (χ3n) is 18.5. The number of aliphatic hydroxyl groups excluding tert-OH is 9. The van der Waals surface area contributed by atoms with Crippen LogP contribution in [0.2, 0.25) is 0 Å². The number of ether oxygens (including phenoxy) is 6. The fraction of sp³-hybridized carbons (Fsp3) is 0.843. The van der Waals surface area contributed by atoms with Crippen molar-refractivity contribution >= 4 is 64.7 Å². The first-order valence-corrected chi connectivity index (χ1v) is 37.0. The van der Waals surface area contributed by atoms with Crippen molar-refractivity contribution in [2.75, 3.05) is 112 Å². The predicted octanol–water partition coefficient (Wildman–Crippen LogP) is -4.23. The summed E-state index contributed by atoms with van der Waals surface area (Å²) >= 11 is 0. The summed E-state index contributed by atoms with van der Waals surface area (Å²) in [6, 6.07) is -2.71. The van der Waals surface area contributed by atoms with Gasteiger partial charge >= 0.3 is 0 Å². The van der Waals surface area contributed by atoms with Crippen LogP contribution in [0.5, 0.6) is 0 Å². The molecule has 105 heavy (non-hydrogen) atoms. The summed E-state index contributed by atoms with van der Waals surface area (Å²) in [5.41, 5.74) is -1.46. The lowest BCUT2D eigenvalue weighted by Crippen LogP contribution is -2.61. The van der Waals surface area contributed by atoms with Gasteiger partial charge in [0.05, 0.1) is 94.4 Å². The van der Waals surface area contributed by atoms with Gasteiger partial charge in [-0.15, -0.1) is 0 Å². The van der Waals surface area contributed by atoms with Crippen LogP contribution in [0.1, 0.15) is 163 Å². The second kappa shape index (κ2) is 52.1. The molecule has 35 heteroatoms. The Hall–Kier alpha value is -6.03. The number of aliphatic hydroxyl groups is 9. The van der Waals surface area contributed by atoms with Gasteiger partial charge in [-0.3, -0.25) is 52.7 Å². The molecule has 18 N–H and O–H groups in total. The number of Topliss-reactive ketones (excluding diaryl/α,β-unsaturated/α-hetero) is 2. The number of unbranched alkanes of at least 4 members (excludes halogenated alkanes) is 1. The van der Waals surface area contributed by atoms with E-state index in [0.717, 1.165) is 0 Å². The first-order chi connectivity index (χ1) is 50.0. The number of nitrogens with one attached hydrogen (secondary N) is 9. The van der Waals surface area contributed by atoms with Crippen molar-refractivity contribution in [1.29, 1.82) is 0 Å². The van der Waals surface area contributed by atoms with E-state index < -0.39 is 133 Å². The van der Waals surface area contributed by atoms with E-state index in [0.29, 0.717) is 44.9 Å². The normalized spacial score (nSPS) is 25.0. The maximum absolute atomic E-state index is 13.7. The highest BCUT2D eigenvalue weighted by Crippen LogP contribution is 2.31. The SMILES string of the molecule is CC(=O)NC1[C@@H](O)[C@H](O)C(CO)C[C@H]1OCCCC(=O)CCCCNC(=O)CCOCC(COCCC(=O)NCCCNC(=O)CCCO[C@@H]1CC(CO)[C@@H](O)[C@H](O)C1NC(C)=O)(COCCC(=O)NCCCNC(=O)CCCO[C@@H]1CC(CO)[C@@H](O)[C@H](O)C1NC(C)=O)NC(=O)CCCC(=O)C(C)C. The monoisotopic (exact) mass is 1510 g/mol. The van der Waals surface area contributed by atoms with Crippen molar-refractivity contribution in [3.63, 3.8) is 0 Å². The zero-order chi connectivity index (χ0) is 77.9. The van der Waals surface area contributed by atoms with E-state index in [1.54, 1.807) is 13.8 Å². The number of carbonyl (C=O) groups is 11. The molecule has 35 nitrogen and oxygen atoms in total. The first-order valence-electron chi connectivity index (χ1n) is 37.0. The van der Waals surface area contributed by atoms with Crippen molar-refractivity contribution in [3.05, 3.63) is 0 Å². The fourth-order valence-electron chi connectivity index (χ4n) is 12.6. The van der Waals surface area contributed by atoms with Crippen molar-refractivity contribution in [1.82, 2.24) is 47.9 Å². The van der Waals surface area contributed by atoms with Gasteiger partial charge in [-0.1, -0.05) is 13.8 Å². The molecule has 3 fully saturated rings. The quantitative estimate of drug-likeness (QED) is 0.0257. The summed E-state index contributed by atoms with van der Waals surface area (Å²) < 4.78 is 35.8. The van der Waals surface area contributed by atoms with Crippen molar-refractivity contribution < 1.29 is 127 Å². The lowest BCUT2D eigenvalue weighted by atomic mass is 9.79. The van der Waals surface area contributed by atoms with E-state index in [2.05, 4.69) is 47.9 Å². The van der Waals surface area contributed by atoms with Gasteiger partial charge in [-0.2, -0.15) is 0 Å². The summed E-state index contributed by atoms with van der Waals surface area (Å²) in [6.07, 6.45) is -6.18. The number of carbonyl (C=O) groups excluding carboxylic acids is 11. The molecule has 15 atom stereocenters. The van der Waals surface area contributed by atoms with Gasteiger partial charge in [0, 0.05) is 175 Å². The molecule has 6 unspecified atom stereocenters. The molecule has 0 radical (unpaired) electrons. The Morgan fingerprint density at radius 1 is 0.362 bits per heavy atom. The van der Waals surface area contributed by atoms with Crippen LogP contribution < -0.4 is 47.9 Å². The van der Waals surface area contributed by atoms with Gasteiger partial charge in [0.25, 0.3) is 0 Å². The van der Waals surface area contributed by atoms with E-state index in [-0.39, 0.29) is 229 Å². The van der Waals surface area contributed by atoms with E-state index in [1.165, 1.54) is 20.8 Å². The third-order valence-corrected chi connectivity index (χ3v) is 18.5. The molecule has 3 aliphatic rings. The smallest absolute Gasteiger partial charge is 0.222 e. The molecule has 3 saturated carbocycles. The van der Waals surface area contributed by atoms with E-state index in [1.807, 2.05) is 0 Å². The van der Waals surface area contributed by atoms with Crippen LogP contribution in [-0.4, -0.2) is 301 Å². The lowest BCUT2D eigenvalue weighted by Gasteiger charge is -2.42. The minimum Gasteiger partial charge on any atom is -0.396 e. The molecule has 0 spiro atoms. The number of amides is 9. The van der Waals surface area contributed by atoms with E-state index in [4.69, 9.17) is 28.4 Å². The lowest BCUT2D eigenvalue weighted by molar-refractivity contribution is -0.143. The van der Waals surface area contributed by atoms with Crippen molar-refractivity contribution in [3.8, 4) is 0 Å². The van der Waals surface area contributed by atoms with Gasteiger partial charge in [-0.25, -0.2) is 0 Å². The average molecular weight is 1510 g/mol. The maximum atomic E-state index is 13.7. The zero-order valence-electron chi connectivity index (χ0n) is 61.9. The van der Waals surface area contributed by atoms with Crippen LogP contribution in [0.15, 0.2) is 0 Å². The van der Waals surface area contributed by atoms with Crippen LogP contribution in [0.3, 0.4) is 0 Å². The Labute approximate surface area is 614 Å². The van der Waals surface area contributed by atoms with Gasteiger partial charge < -0.3 is 122 Å². The highest BCUT2D eigenvalue weighted by molar-refractivity contribution is 5.82. The van der Waals surface area contributed by atoms with Crippen LogP contribution in [0.4, 0.5) is 0 Å². The van der Waals surface area contributed by atoms with Crippen LogP contribution in [0, 0.1) is 23.7 Å². The van der Waals surface area contributed by atoms with Gasteiger partial charge in [0.1, 0.15) is 35.4 Å². The van der Waals surface area contributed by atoms with Gasteiger partial charge in [0.15, 0.2) is 0 Å². The van der Waals surface area contributed by atoms with Crippen LogP contribution >= 0.6 is 0 Å². The summed E-state index contributed by atoms with van der Waals surface area (Å²) in [6.45, 7) is 6.35. The summed E-state index contributed by atoms with van der Waals surface area (Å²) in [4.78, 5) is 138. The molecule has 3 rings (SSSR count). The van der Waals surface area contributed by atoms with Crippen molar-refractivity contribution in [2.45, 2.75) is 242 Å².